The van der Waals surface area contributed by atoms with Crippen LogP contribution in [0.15, 0.2) is 29.2 Å². The number of esters is 1. The first-order chi connectivity index (χ1) is 9.81. The van der Waals surface area contributed by atoms with E-state index in [1.165, 1.54) is 19.2 Å². The molecule has 0 fully saturated rings. The zero-order valence-corrected chi connectivity index (χ0v) is 13.6. The van der Waals surface area contributed by atoms with Gasteiger partial charge in [-0.1, -0.05) is 6.92 Å². The molecule has 6 nitrogen and oxygen atoms in total. The molecule has 0 radical (unpaired) electrons. The second-order valence-corrected chi connectivity index (χ2v) is 6.56. The Kier molecular flexibility index (Phi) is 6.17. The van der Waals surface area contributed by atoms with Crippen LogP contribution in [0, 0.1) is 0 Å². The van der Waals surface area contributed by atoms with Gasteiger partial charge in [-0.2, -0.15) is 0 Å². The lowest BCUT2D eigenvalue weighted by Crippen LogP contribution is -2.36. The smallest absolute Gasteiger partial charge is 0.325 e. The van der Waals surface area contributed by atoms with Gasteiger partial charge in [0.25, 0.3) is 0 Å². The highest BCUT2D eigenvalue weighted by Crippen LogP contribution is 2.20. The lowest BCUT2D eigenvalue weighted by atomic mass is 10.2. The van der Waals surface area contributed by atoms with Crippen LogP contribution >= 0.6 is 0 Å². The Labute approximate surface area is 126 Å². The van der Waals surface area contributed by atoms with Crippen LogP contribution in [-0.4, -0.2) is 40.6 Å². The van der Waals surface area contributed by atoms with Crippen molar-refractivity contribution >= 4 is 21.7 Å². The molecule has 0 aromatic heterocycles. The van der Waals surface area contributed by atoms with Crippen molar-refractivity contribution in [3.8, 4) is 0 Å². The van der Waals surface area contributed by atoms with Gasteiger partial charge in [0.2, 0.25) is 10.0 Å². The molecular formula is C14H22N2O4S. The Hall–Kier alpha value is -1.60. The Balaban J connectivity index is 3.01. The summed E-state index contributed by atoms with van der Waals surface area (Å²) < 4.78 is 30.9. The van der Waals surface area contributed by atoms with Gasteiger partial charge in [-0.05, 0) is 38.1 Å². The summed E-state index contributed by atoms with van der Waals surface area (Å²) in [6, 6.07) is 6.51. The van der Waals surface area contributed by atoms with Gasteiger partial charge in [-0.3, -0.25) is 4.79 Å². The average Bonchev–Trinajstić information content (AvgIpc) is 2.44. The number of methoxy groups -OCH3 is 1. The van der Waals surface area contributed by atoms with Crippen molar-refractivity contribution in [2.75, 3.05) is 25.1 Å². The lowest BCUT2D eigenvalue weighted by molar-refractivity contribution is -0.139. The van der Waals surface area contributed by atoms with E-state index in [9.17, 15) is 13.2 Å². The standard InChI is InChI=1S/C14H22N2O4S/c1-5-15-21(18,19)13-8-6-12(7-9-13)16(11(2)3)10-14(17)20-4/h6-9,11,15H,5,10H2,1-4H3. The number of ether oxygens (including phenoxy) is 1. The van der Waals surface area contributed by atoms with Crippen LogP contribution in [0.2, 0.25) is 0 Å². The van der Waals surface area contributed by atoms with Crippen molar-refractivity contribution in [1.82, 2.24) is 4.72 Å². The first kappa shape index (κ1) is 17.5. The van der Waals surface area contributed by atoms with Crippen molar-refractivity contribution in [2.24, 2.45) is 0 Å². The second-order valence-electron chi connectivity index (χ2n) is 4.79. The zero-order valence-electron chi connectivity index (χ0n) is 12.8. The largest absolute Gasteiger partial charge is 0.468 e. The molecule has 0 unspecified atom stereocenters. The molecule has 0 spiro atoms. The van der Waals surface area contributed by atoms with Crippen LogP contribution in [-0.2, 0) is 19.6 Å². The van der Waals surface area contributed by atoms with E-state index in [0.717, 1.165) is 5.69 Å². The fourth-order valence-corrected chi connectivity index (χ4v) is 2.91. The van der Waals surface area contributed by atoms with E-state index in [4.69, 9.17) is 0 Å². The number of anilines is 1. The molecule has 0 amide bonds. The number of carbonyl (C=O) groups excluding carboxylic acids is 1. The minimum atomic E-state index is -3.46. The molecule has 118 valence electrons. The molecule has 0 saturated carbocycles. The third-order valence-corrected chi connectivity index (χ3v) is 4.52. The summed E-state index contributed by atoms with van der Waals surface area (Å²) in [6.07, 6.45) is 0. The molecular weight excluding hydrogens is 292 g/mol. The van der Waals surface area contributed by atoms with Crippen molar-refractivity contribution < 1.29 is 17.9 Å². The SMILES string of the molecule is CCNS(=O)(=O)c1ccc(N(CC(=O)OC)C(C)C)cc1. The summed E-state index contributed by atoms with van der Waals surface area (Å²) in [6.45, 7) is 6.08. The van der Waals surface area contributed by atoms with Gasteiger partial charge in [0, 0.05) is 18.3 Å². The van der Waals surface area contributed by atoms with Crippen LogP contribution < -0.4 is 9.62 Å². The van der Waals surface area contributed by atoms with E-state index < -0.39 is 10.0 Å². The zero-order chi connectivity index (χ0) is 16.0. The van der Waals surface area contributed by atoms with Crippen LogP contribution in [0.1, 0.15) is 20.8 Å². The van der Waals surface area contributed by atoms with E-state index >= 15 is 0 Å². The first-order valence-corrected chi connectivity index (χ1v) is 8.23. The maximum absolute atomic E-state index is 11.9. The van der Waals surface area contributed by atoms with Gasteiger partial charge >= 0.3 is 5.97 Å². The van der Waals surface area contributed by atoms with E-state index in [0.29, 0.717) is 6.54 Å². The Morgan fingerprint density at radius 3 is 2.29 bits per heavy atom. The first-order valence-electron chi connectivity index (χ1n) is 6.75. The van der Waals surface area contributed by atoms with Gasteiger partial charge < -0.3 is 9.64 Å². The van der Waals surface area contributed by atoms with Crippen LogP contribution in [0.4, 0.5) is 5.69 Å². The highest BCUT2D eigenvalue weighted by Gasteiger charge is 2.17. The van der Waals surface area contributed by atoms with Gasteiger partial charge in [0.1, 0.15) is 6.54 Å². The normalized spacial score (nSPS) is 11.5. The van der Waals surface area contributed by atoms with E-state index in [-0.39, 0.29) is 23.5 Å². The van der Waals surface area contributed by atoms with Crippen LogP contribution in [0.25, 0.3) is 0 Å². The topological polar surface area (TPSA) is 75.7 Å². The van der Waals surface area contributed by atoms with Crippen molar-refractivity contribution in [3.05, 3.63) is 24.3 Å². The van der Waals surface area contributed by atoms with Crippen molar-refractivity contribution in [1.29, 1.82) is 0 Å². The van der Waals surface area contributed by atoms with E-state index in [1.54, 1.807) is 19.1 Å². The monoisotopic (exact) mass is 314 g/mol. The molecule has 0 saturated heterocycles. The summed E-state index contributed by atoms with van der Waals surface area (Å²) in [5, 5.41) is 0. The molecule has 1 aromatic rings. The number of rotatable bonds is 7. The third kappa shape index (κ3) is 4.71. The average molecular weight is 314 g/mol. The number of hydrogen-bond donors (Lipinski definition) is 1. The highest BCUT2D eigenvalue weighted by molar-refractivity contribution is 7.89. The predicted octanol–water partition coefficient (Wildman–Crippen LogP) is 1.37. The molecule has 21 heavy (non-hydrogen) atoms. The number of benzene rings is 1. The second kappa shape index (κ2) is 7.42. The van der Waals surface area contributed by atoms with Gasteiger partial charge in [-0.25, -0.2) is 13.1 Å². The molecule has 1 N–H and O–H groups in total. The van der Waals surface area contributed by atoms with Crippen LogP contribution in [0.3, 0.4) is 0 Å². The van der Waals surface area contributed by atoms with Gasteiger partial charge in [-0.15, -0.1) is 0 Å². The summed E-state index contributed by atoms with van der Waals surface area (Å²) in [5.74, 6) is -0.340. The molecule has 0 aliphatic heterocycles. The number of hydrogen-bond acceptors (Lipinski definition) is 5. The summed E-state index contributed by atoms with van der Waals surface area (Å²) in [7, 11) is -2.12. The molecule has 0 aliphatic rings. The number of sulfonamides is 1. The van der Waals surface area contributed by atoms with Crippen molar-refractivity contribution in [3.63, 3.8) is 0 Å². The maximum atomic E-state index is 11.9. The molecule has 0 aliphatic carbocycles. The van der Waals surface area contributed by atoms with Crippen molar-refractivity contribution in [2.45, 2.75) is 31.7 Å². The van der Waals surface area contributed by atoms with E-state index in [1.807, 2.05) is 18.7 Å². The minimum Gasteiger partial charge on any atom is -0.468 e. The molecule has 7 heteroatoms. The fraction of sp³-hybridized carbons (Fsp3) is 0.500. The van der Waals surface area contributed by atoms with E-state index in [2.05, 4.69) is 9.46 Å². The third-order valence-electron chi connectivity index (χ3n) is 2.96. The summed E-state index contributed by atoms with van der Waals surface area (Å²) in [5.41, 5.74) is 0.769. The molecule has 0 bridgehead atoms. The highest BCUT2D eigenvalue weighted by atomic mass is 32.2. The minimum absolute atomic E-state index is 0.0836. The molecule has 0 heterocycles. The quantitative estimate of drug-likeness (QED) is 0.769. The Morgan fingerprint density at radius 2 is 1.86 bits per heavy atom. The summed E-state index contributed by atoms with van der Waals surface area (Å²) >= 11 is 0. The summed E-state index contributed by atoms with van der Waals surface area (Å²) in [4.78, 5) is 13.5. The number of nitrogens with zero attached hydrogens (tertiary/aromatic N) is 1. The lowest BCUT2D eigenvalue weighted by Gasteiger charge is -2.27. The van der Waals surface area contributed by atoms with Crippen LogP contribution in [0.5, 0.6) is 0 Å². The van der Waals surface area contributed by atoms with Gasteiger partial charge in [0.05, 0.1) is 12.0 Å². The molecule has 1 aromatic carbocycles. The maximum Gasteiger partial charge on any atom is 0.325 e. The number of nitrogens with one attached hydrogen (secondary N) is 1. The predicted molar refractivity (Wildman–Crippen MR) is 81.8 cm³/mol. The Morgan fingerprint density at radius 1 is 1.29 bits per heavy atom. The molecule has 1 rings (SSSR count). The molecule has 0 atom stereocenters. The van der Waals surface area contributed by atoms with Gasteiger partial charge in [0.15, 0.2) is 0 Å². The fourth-order valence-electron chi connectivity index (χ4n) is 1.87. The number of carbonyl (C=O) groups is 1. The Bertz CT molecular complexity index is 567.